The zero-order valence-corrected chi connectivity index (χ0v) is 10.3. The van der Waals surface area contributed by atoms with Crippen molar-refractivity contribution in [1.29, 1.82) is 5.26 Å². The van der Waals surface area contributed by atoms with E-state index in [9.17, 15) is 4.79 Å². The van der Waals surface area contributed by atoms with Gasteiger partial charge in [0.05, 0.1) is 7.11 Å². The molecule has 0 fully saturated rings. The van der Waals surface area contributed by atoms with E-state index in [1.807, 2.05) is 36.4 Å². The fraction of sp³-hybridized carbons (Fsp3) is 0.0769. The van der Waals surface area contributed by atoms with Crippen molar-refractivity contribution in [1.82, 2.24) is 0 Å². The fourth-order valence-corrected chi connectivity index (χ4v) is 1.08. The van der Waals surface area contributed by atoms with Crippen LogP contribution < -0.4 is 0 Å². The van der Waals surface area contributed by atoms with Gasteiger partial charge in [-0.15, -0.1) is 0 Å². The quantitative estimate of drug-likeness (QED) is 0.454. The summed E-state index contributed by atoms with van der Waals surface area (Å²) in [6, 6.07) is 16.5. The first-order valence-electron chi connectivity index (χ1n) is 4.69. The molecule has 0 bridgehead atoms. The molecule has 90 valence electrons. The molecule has 0 saturated carbocycles. The second kappa shape index (κ2) is 8.35. The van der Waals surface area contributed by atoms with Crippen molar-refractivity contribution >= 4 is 5.97 Å². The van der Waals surface area contributed by atoms with Crippen LogP contribution in [-0.4, -0.2) is 13.1 Å². The van der Waals surface area contributed by atoms with Gasteiger partial charge in [-0.3, -0.25) is 4.79 Å². The molecule has 0 aliphatic rings. The van der Waals surface area contributed by atoms with Gasteiger partial charge in [-0.25, -0.2) is 17.4 Å². The van der Waals surface area contributed by atoms with Crippen molar-refractivity contribution in [2.75, 3.05) is 7.11 Å². The van der Waals surface area contributed by atoms with Gasteiger partial charge in [0.15, 0.2) is 0 Å². The van der Waals surface area contributed by atoms with E-state index >= 15 is 0 Å². The summed E-state index contributed by atoms with van der Waals surface area (Å²) in [5.41, 5.74) is 0.898. The molecule has 0 aliphatic carbocycles. The largest absolute Gasteiger partial charge is 0.475 e. The van der Waals surface area contributed by atoms with E-state index in [2.05, 4.69) is 4.74 Å². The average Bonchev–Trinajstić information content (AvgIpc) is 3.01. The minimum absolute atomic E-state index is 0. The summed E-state index contributed by atoms with van der Waals surface area (Å²) in [4.78, 5) is 10.8. The number of hydrogen-bond donors (Lipinski definition) is 0. The van der Waals surface area contributed by atoms with Crippen molar-refractivity contribution in [3.63, 3.8) is 0 Å². The molecule has 0 aliphatic heterocycles. The van der Waals surface area contributed by atoms with Crippen LogP contribution in [0, 0.1) is 11.3 Å². The van der Waals surface area contributed by atoms with Crippen LogP contribution in [0.3, 0.4) is 0 Å². The summed E-state index contributed by atoms with van der Waals surface area (Å²) in [6.45, 7) is 0. The summed E-state index contributed by atoms with van der Waals surface area (Å²) in [7, 11) is 1.31. The Morgan fingerprint density at radius 3 is 2.47 bits per heavy atom. The van der Waals surface area contributed by atoms with E-state index in [-0.39, 0.29) is 17.1 Å². The monoisotopic (exact) mass is 269 g/mol. The minimum Gasteiger partial charge on any atom is -0.475 e. The first kappa shape index (κ1) is 15.2. The zero-order valence-electron chi connectivity index (χ0n) is 9.24. The number of nitriles is 1. The second-order valence-electron chi connectivity index (χ2n) is 2.95. The number of carbonyl (C=O) groups excluding carboxylic acids is 1. The van der Waals surface area contributed by atoms with Crippen molar-refractivity contribution in [2.45, 2.75) is 0 Å². The Kier molecular flexibility index (Phi) is 7.45. The molecule has 0 atom stereocenters. The van der Waals surface area contributed by atoms with Gasteiger partial charge in [0.1, 0.15) is 0 Å². The molecule has 3 nitrogen and oxygen atoms in total. The Labute approximate surface area is 111 Å². The molecule has 0 unspecified atom stereocenters. The molecule has 2 aromatic carbocycles. The van der Waals surface area contributed by atoms with E-state index < -0.39 is 5.97 Å². The summed E-state index contributed by atoms with van der Waals surface area (Å²) in [6.07, 6.45) is 0. The van der Waals surface area contributed by atoms with Gasteiger partial charge in [-0.2, -0.15) is 36.4 Å². The first-order chi connectivity index (χ1) is 7.77. The zero-order chi connectivity index (χ0) is 11.8. The Balaban J connectivity index is 0.000000360. The number of rotatable bonds is 1. The Morgan fingerprint density at radius 1 is 1.47 bits per heavy atom. The van der Waals surface area contributed by atoms with Crippen molar-refractivity contribution in [2.24, 2.45) is 0 Å². The maximum absolute atomic E-state index is 10.8. The van der Waals surface area contributed by atoms with E-state index in [1.54, 1.807) is 12.1 Å². The topological polar surface area (TPSA) is 50.1 Å². The van der Waals surface area contributed by atoms with E-state index in [0.717, 1.165) is 0 Å². The molecule has 0 radical (unpaired) electrons. The Hall–Kier alpha value is -1.82. The van der Waals surface area contributed by atoms with Gasteiger partial charge in [0, 0.05) is 23.1 Å². The molecule has 0 aromatic heterocycles. The molecule has 0 heterocycles. The van der Waals surface area contributed by atoms with Crippen LogP contribution in [0.25, 0.3) is 0 Å². The smallest absolute Gasteiger partial charge is 0.280 e. The molecule has 0 spiro atoms. The number of methoxy groups -OCH3 is 1. The van der Waals surface area contributed by atoms with Crippen LogP contribution >= 0.6 is 0 Å². The summed E-state index contributed by atoms with van der Waals surface area (Å²) in [5.74, 6) is -0.411. The van der Waals surface area contributed by atoms with Gasteiger partial charge in [0.25, 0.3) is 5.97 Å². The van der Waals surface area contributed by atoms with E-state index in [4.69, 9.17) is 5.26 Å². The molecule has 0 amide bonds. The number of carbonyl (C=O) groups is 1. The van der Waals surface area contributed by atoms with Crippen LogP contribution in [-0.2, 0) is 21.8 Å². The third kappa shape index (κ3) is 5.17. The van der Waals surface area contributed by atoms with Crippen molar-refractivity contribution in [3.05, 3.63) is 59.7 Å². The third-order valence-corrected chi connectivity index (χ3v) is 1.86. The fourth-order valence-electron chi connectivity index (χ4n) is 1.08. The number of nitrogens with zero attached hydrogens (tertiary/aromatic N) is 1. The van der Waals surface area contributed by atoms with Gasteiger partial charge in [-0.1, -0.05) is 11.1 Å². The number of esters is 1. The molecule has 0 N–H and O–H groups in total. The van der Waals surface area contributed by atoms with E-state index in [0.29, 0.717) is 11.1 Å². The Bertz CT molecular complexity index is 449. The molecule has 4 heteroatoms. The van der Waals surface area contributed by atoms with Crippen LogP contribution in [0.15, 0.2) is 48.5 Å². The third-order valence-electron chi connectivity index (χ3n) is 1.86. The van der Waals surface area contributed by atoms with E-state index in [1.165, 1.54) is 13.2 Å². The van der Waals surface area contributed by atoms with Crippen molar-refractivity contribution < 1.29 is 26.6 Å². The second-order valence-corrected chi connectivity index (χ2v) is 2.95. The summed E-state index contributed by atoms with van der Waals surface area (Å²) < 4.78 is 4.45. The molecular formula is C13H11FeNO2-2. The molecule has 2 rings (SSSR count). The standard InChI is InChI=1S/C8H6NO2.C5H5.Fe/c1-11-8(10)7-3-2-6(4-7)5-9;1-2-4-5-3-1;/h2-4H,1H3;1-5H;/q2*-1;. The van der Waals surface area contributed by atoms with Gasteiger partial charge >= 0.3 is 0 Å². The van der Waals surface area contributed by atoms with Crippen LogP contribution in [0.4, 0.5) is 0 Å². The van der Waals surface area contributed by atoms with Gasteiger partial charge in [0.2, 0.25) is 0 Å². The maximum Gasteiger partial charge on any atom is 0.280 e. The van der Waals surface area contributed by atoms with Gasteiger partial charge in [-0.05, 0) is 0 Å². The predicted octanol–water partition coefficient (Wildman–Crippen LogP) is 2.47. The van der Waals surface area contributed by atoms with Crippen molar-refractivity contribution in [3.8, 4) is 6.07 Å². The summed E-state index contributed by atoms with van der Waals surface area (Å²) in [5, 5.41) is 8.40. The predicted molar refractivity (Wildman–Crippen MR) is 60.1 cm³/mol. The van der Waals surface area contributed by atoms with Gasteiger partial charge < -0.3 is 4.74 Å². The normalized spacial score (nSPS) is 8.00. The molecular weight excluding hydrogens is 258 g/mol. The first-order valence-corrected chi connectivity index (χ1v) is 4.69. The minimum atomic E-state index is -0.411. The Morgan fingerprint density at radius 2 is 2.12 bits per heavy atom. The number of ether oxygens (including phenoxy) is 1. The molecule has 0 saturated heterocycles. The van der Waals surface area contributed by atoms with Crippen LogP contribution in [0.2, 0.25) is 0 Å². The average molecular weight is 269 g/mol. The maximum atomic E-state index is 10.8. The molecule has 17 heavy (non-hydrogen) atoms. The SMILES string of the molecule is COC(=O)[c-]1ccc(C#N)c1.[Fe].c1cc[cH-]c1. The number of hydrogen-bond acceptors (Lipinski definition) is 3. The van der Waals surface area contributed by atoms with Crippen LogP contribution in [0.5, 0.6) is 0 Å². The van der Waals surface area contributed by atoms with Crippen LogP contribution in [0.1, 0.15) is 15.9 Å². The molecule has 2 aromatic rings. The summed E-state index contributed by atoms with van der Waals surface area (Å²) >= 11 is 0.